The number of rotatable bonds is 7. The molecule has 116 valence electrons. The second kappa shape index (κ2) is 8.51. The molecule has 5 nitrogen and oxygen atoms in total. The molecule has 0 bridgehead atoms. The molecule has 0 unspecified atom stereocenters. The number of benzene rings is 1. The topological polar surface area (TPSA) is 63.2 Å². The van der Waals surface area contributed by atoms with Gasteiger partial charge in [0.1, 0.15) is 5.69 Å². The third-order valence-corrected chi connectivity index (χ3v) is 3.41. The Bertz CT molecular complexity index is 617. The molecule has 2 aromatic rings. The summed E-state index contributed by atoms with van der Waals surface area (Å²) < 4.78 is 5.93. The van der Waals surface area contributed by atoms with Crippen LogP contribution in [0, 0.1) is 0 Å². The van der Waals surface area contributed by atoms with Crippen LogP contribution in [-0.2, 0) is 4.74 Å². The predicted octanol–water partition coefficient (Wildman–Crippen LogP) is 3.35. The van der Waals surface area contributed by atoms with E-state index < -0.39 is 0 Å². The Labute approximate surface area is 138 Å². The van der Waals surface area contributed by atoms with Crippen LogP contribution in [0.15, 0.2) is 47.1 Å². The zero-order valence-corrected chi connectivity index (χ0v) is 13.9. The maximum atomic E-state index is 11.9. The number of halogens is 1. The van der Waals surface area contributed by atoms with Gasteiger partial charge in [0.05, 0.1) is 11.9 Å². The molecule has 0 fully saturated rings. The fourth-order valence-electron chi connectivity index (χ4n) is 1.84. The number of ether oxygens (including phenoxy) is 1. The lowest BCUT2D eigenvalue weighted by Gasteiger charge is -2.08. The lowest BCUT2D eigenvalue weighted by Crippen LogP contribution is -2.26. The van der Waals surface area contributed by atoms with Crippen LogP contribution < -0.4 is 10.6 Å². The van der Waals surface area contributed by atoms with Crippen LogP contribution in [0.1, 0.15) is 16.9 Å². The normalized spacial score (nSPS) is 10.3. The molecule has 0 saturated carbocycles. The Morgan fingerprint density at radius 2 is 2.14 bits per heavy atom. The van der Waals surface area contributed by atoms with E-state index in [0.717, 1.165) is 22.3 Å². The summed E-state index contributed by atoms with van der Waals surface area (Å²) in [5, 5.41) is 6.03. The van der Waals surface area contributed by atoms with Crippen molar-refractivity contribution in [3.8, 4) is 0 Å². The minimum atomic E-state index is -0.176. The molecule has 1 aromatic heterocycles. The quantitative estimate of drug-likeness (QED) is 0.740. The van der Waals surface area contributed by atoms with E-state index in [2.05, 4.69) is 31.5 Å². The van der Waals surface area contributed by atoms with E-state index in [1.165, 1.54) is 0 Å². The fourth-order valence-corrected chi connectivity index (χ4v) is 2.24. The van der Waals surface area contributed by atoms with Gasteiger partial charge in [-0.3, -0.25) is 4.79 Å². The smallest absolute Gasteiger partial charge is 0.269 e. The highest BCUT2D eigenvalue weighted by molar-refractivity contribution is 9.10. The van der Waals surface area contributed by atoms with Crippen molar-refractivity contribution in [1.82, 2.24) is 10.3 Å². The average Bonchev–Trinajstić information content (AvgIpc) is 2.52. The van der Waals surface area contributed by atoms with Crippen LogP contribution in [-0.4, -0.2) is 31.2 Å². The van der Waals surface area contributed by atoms with E-state index in [1.54, 1.807) is 19.4 Å². The van der Waals surface area contributed by atoms with Gasteiger partial charge in [0.15, 0.2) is 0 Å². The van der Waals surface area contributed by atoms with Crippen molar-refractivity contribution in [3.05, 3.63) is 52.8 Å². The highest BCUT2D eigenvalue weighted by atomic mass is 79.9. The van der Waals surface area contributed by atoms with Gasteiger partial charge < -0.3 is 15.4 Å². The maximum Gasteiger partial charge on any atom is 0.269 e. The van der Waals surface area contributed by atoms with E-state index >= 15 is 0 Å². The Balaban J connectivity index is 1.91. The number of anilines is 2. The summed E-state index contributed by atoms with van der Waals surface area (Å²) >= 11 is 3.42. The molecule has 2 rings (SSSR count). The summed E-state index contributed by atoms with van der Waals surface area (Å²) in [6, 6.07) is 11.4. The summed E-state index contributed by atoms with van der Waals surface area (Å²) in [4.78, 5) is 16.1. The highest BCUT2D eigenvalue weighted by Gasteiger charge is 2.06. The molecule has 0 atom stereocenters. The molecule has 0 aliphatic heterocycles. The molecule has 0 radical (unpaired) electrons. The van der Waals surface area contributed by atoms with Crippen molar-refractivity contribution in [1.29, 1.82) is 0 Å². The van der Waals surface area contributed by atoms with Crippen LogP contribution in [0.3, 0.4) is 0 Å². The summed E-state index contributed by atoms with van der Waals surface area (Å²) in [6.07, 6.45) is 2.43. The number of aromatic nitrogens is 1. The first-order valence-electron chi connectivity index (χ1n) is 6.95. The summed E-state index contributed by atoms with van der Waals surface area (Å²) in [5.74, 6) is -0.176. The number of methoxy groups -OCH3 is 1. The first-order chi connectivity index (χ1) is 10.7. The zero-order chi connectivity index (χ0) is 15.8. The molecule has 0 saturated heterocycles. The number of nitrogens with one attached hydrogen (secondary N) is 2. The summed E-state index contributed by atoms with van der Waals surface area (Å²) in [7, 11) is 1.64. The van der Waals surface area contributed by atoms with Crippen LogP contribution in [0.4, 0.5) is 11.4 Å². The molecule has 0 aliphatic carbocycles. The molecule has 0 aliphatic rings. The van der Waals surface area contributed by atoms with Gasteiger partial charge in [-0.2, -0.15) is 0 Å². The maximum absolute atomic E-state index is 11.9. The number of carbonyl (C=O) groups is 1. The number of carbonyl (C=O) groups excluding carboxylic acids is 1. The molecular weight excluding hydrogens is 346 g/mol. The molecular formula is C16H18BrN3O2. The zero-order valence-electron chi connectivity index (χ0n) is 12.3. The Morgan fingerprint density at radius 3 is 2.82 bits per heavy atom. The first-order valence-corrected chi connectivity index (χ1v) is 7.74. The van der Waals surface area contributed by atoms with Gasteiger partial charge in [-0.05, 0) is 36.8 Å². The van der Waals surface area contributed by atoms with Gasteiger partial charge in [-0.1, -0.05) is 22.0 Å². The fraction of sp³-hybridized carbons (Fsp3) is 0.250. The predicted molar refractivity (Wildman–Crippen MR) is 90.5 cm³/mol. The third kappa shape index (κ3) is 5.13. The second-order valence-corrected chi connectivity index (χ2v) is 5.59. The first kappa shape index (κ1) is 16.5. The van der Waals surface area contributed by atoms with Gasteiger partial charge in [0.25, 0.3) is 5.91 Å². The average molecular weight is 364 g/mol. The number of pyridine rings is 1. The van der Waals surface area contributed by atoms with Crippen LogP contribution >= 0.6 is 15.9 Å². The van der Waals surface area contributed by atoms with Crippen molar-refractivity contribution in [3.63, 3.8) is 0 Å². The van der Waals surface area contributed by atoms with Gasteiger partial charge in [-0.25, -0.2) is 4.98 Å². The minimum Gasteiger partial charge on any atom is -0.385 e. The van der Waals surface area contributed by atoms with E-state index in [0.29, 0.717) is 18.8 Å². The van der Waals surface area contributed by atoms with Crippen molar-refractivity contribution < 1.29 is 9.53 Å². The summed E-state index contributed by atoms with van der Waals surface area (Å²) in [6.45, 7) is 1.20. The van der Waals surface area contributed by atoms with Crippen LogP contribution in [0.25, 0.3) is 0 Å². The second-order valence-electron chi connectivity index (χ2n) is 4.67. The minimum absolute atomic E-state index is 0.176. The molecule has 1 heterocycles. The lowest BCUT2D eigenvalue weighted by atomic mass is 10.3. The lowest BCUT2D eigenvalue weighted by molar-refractivity contribution is 0.0943. The molecule has 1 aromatic carbocycles. The number of hydrogen-bond acceptors (Lipinski definition) is 4. The highest BCUT2D eigenvalue weighted by Crippen LogP contribution is 2.19. The monoisotopic (exact) mass is 363 g/mol. The largest absolute Gasteiger partial charge is 0.385 e. The van der Waals surface area contributed by atoms with E-state index in [-0.39, 0.29) is 5.91 Å². The molecule has 2 N–H and O–H groups in total. The van der Waals surface area contributed by atoms with Crippen LogP contribution in [0.2, 0.25) is 0 Å². The number of nitrogens with zero attached hydrogens (tertiary/aromatic N) is 1. The number of amides is 1. The van der Waals surface area contributed by atoms with Gasteiger partial charge in [0, 0.05) is 30.4 Å². The molecule has 6 heteroatoms. The van der Waals surface area contributed by atoms with Gasteiger partial charge in [-0.15, -0.1) is 0 Å². The Hall–Kier alpha value is -1.92. The standard InChI is InChI=1S/C16H18BrN3O2/c1-22-9-3-8-18-16(21)15-7-6-14(11-19-15)20-13-5-2-4-12(17)10-13/h2,4-7,10-11,20H,3,8-9H2,1H3,(H,18,21). The van der Waals surface area contributed by atoms with Crippen LogP contribution in [0.5, 0.6) is 0 Å². The Kier molecular flexibility index (Phi) is 6.36. The van der Waals surface area contributed by atoms with Crippen molar-refractivity contribution in [2.75, 3.05) is 25.6 Å². The number of hydrogen-bond donors (Lipinski definition) is 2. The van der Waals surface area contributed by atoms with Crippen molar-refractivity contribution >= 4 is 33.2 Å². The van der Waals surface area contributed by atoms with Crippen molar-refractivity contribution in [2.24, 2.45) is 0 Å². The Morgan fingerprint density at radius 1 is 1.27 bits per heavy atom. The molecule has 0 spiro atoms. The molecule has 1 amide bonds. The van der Waals surface area contributed by atoms with E-state index in [1.807, 2.05) is 30.3 Å². The summed E-state index contributed by atoms with van der Waals surface area (Å²) in [5.41, 5.74) is 2.18. The van der Waals surface area contributed by atoms with E-state index in [4.69, 9.17) is 4.74 Å². The van der Waals surface area contributed by atoms with E-state index in [9.17, 15) is 4.79 Å². The van der Waals surface area contributed by atoms with Crippen molar-refractivity contribution in [2.45, 2.75) is 6.42 Å². The molecule has 22 heavy (non-hydrogen) atoms. The van der Waals surface area contributed by atoms with Gasteiger partial charge in [0.2, 0.25) is 0 Å². The van der Waals surface area contributed by atoms with Gasteiger partial charge >= 0.3 is 0 Å². The third-order valence-electron chi connectivity index (χ3n) is 2.92. The SMILES string of the molecule is COCCCNC(=O)c1ccc(Nc2cccc(Br)c2)cn1.